The number of aryl methyl sites for hydroxylation is 8. The molecule has 0 aliphatic carbocycles. The number of phenols is 4. The molecule has 0 aliphatic heterocycles. The number of hydrogen-bond donors (Lipinski definition) is 4. The molecule has 0 radical (unpaired) electrons. The van der Waals surface area contributed by atoms with E-state index in [-0.39, 0.29) is 0 Å². The summed E-state index contributed by atoms with van der Waals surface area (Å²) in [5.41, 5.74) is 11.9. The minimum absolute atomic E-state index is 0.302. The molecule has 0 atom stereocenters. The van der Waals surface area contributed by atoms with E-state index in [0.29, 0.717) is 23.0 Å². The molecule has 0 unspecified atom stereocenters. The number of hydrogen-bond acceptors (Lipinski definition) is 4. The predicted octanol–water partition coefficient (Wildman–Crippen LogP) is 10.1. The quantitative estimate of drug-likeness (QED) is 0.135. The lowest BCUT2D eigenvalue weighted by Gasteiger charge is -2.38. The normalized spacial score (nSPS) is 12.0. The maximum absolute atomic E-state index is 10.7. The van der Waals surface area contributed by atoms with E-state index in [9.17, 15) is 20.4 Å². The van der Waals surface area contributed by atoms with Crippen LogP contribution in [0.1, 0.15) is 98.2 Å². The van der Waals surface area contributed by atoms with Gasteiger partial charge in [-0.15, -0.1) is 0 Å². The Hall–Kier alpha value is -4.70. The molecule has 0 aromatic heterocycles. The first-order valence-corrected chi connectivity index (χ1v) is 16.4. The first-order valence-electron chi connectivity index (χ1n) is 16.4. The molecule has 47 heavy (non-hydrogen) atoms. The van der Waals surface area contributed by atoms with Crippen LogP contribution in [0.4, 0.5) is 0 Å². The lowest BCUT2D eigenvalue weighted by molar-refractivity contribution is 0.463. The second-order valence-corrected chi connectivity index (χ2v) is 13.8. The van der Waals surface area contributed by atoms with E-state index in [0.717, 1.165) is 84.3 Å². The SMILES string of the molecule is CCC(c1ccc(C(C)(c2cc(C)c(O)c(C)c2)c2cc(C)c(O)c(C)c2)cc1)(c1cc(C)c(O)c(C)c1)c1cc(C)c(O)c(C)c1. The van der Waals surface area contributed by atoms with Crippen molar-refractivity contribution in [2.24, 2.45) is 0 Å². The van der Waals surface area contributed by atoms with E-state index >= 15 is 0 Å². The van der Waals surface area contributed by atoms with Crippen LogP contribution in [0.3, 0.4) is 0 Å². The number of benzene rings is 5. The molecule has 0 heterocycles. The highest BCUT2D eigenvalue weighted by molar-refractivity contribution is 5.60. The third kappa shape index (κ3) is 5.44. The largest absolute Gasteiger partial charge is 0.507 e. The molecule has 0 fully saturated rings. The van der Waals surface area contributed by atoms with E-state index < -0.39 is 10.8 Å². The van der Waals surface area contributed by atoms with E-state index in [4.69, 9.17) is 0 Å². The van der Waals surface area contributed by atoms with Crippen LogP contribution in [0.25, 0.3) is 0 Å². The second kappa shape index (κ2) is 12.2. The Labute approximate surface area is 280 Å². The molecule has 244 valence electrons. The van der Waals surface area contributed by atoms with Crippen LogP contribution in [-0.4, -0.2) is 20.4 Å². The highest BCUT2D eigenvalue weighted by Crippen LogP contribution is 2.48. The lowest BCUT2D eigenvalue weighted by Crippen LogP contribution is -2.30. The van der Waals surface area contributed by atoms with Crippen molar-refractivity contribution < 1.29 is 20.4 Å². The van der Waals surface area contributed by atoms with Crippen molar-refractivity contribution in [1.29, 1.82) is 0 Å². The summed E-state index contributed by atoms with van der Waals surface area (Å²) < 4.78 is 0. The average molecular weight is 629 g/mol. The summed E-state index contributed by atoms with van der Waals surface area (Å²) >= 11 is 0. The standard InChI is InChI=1S/C43H48O4/c1-11-43(36-20-28(6)40(46)29(7)21-36,37-22-30(8)41(47)31(9)23-37)33-14-12-32(13-15-33)42(10,34-16-24(2)38(44)25(3)17-34)35-18-26(4)39(45)27(5)19-35/h12-23,44-47H,11H2,1-10H3. The van der Waals surface area contributed by atoms with Crippen molar-refractivity contribution in [3.8, 4) is 23.0 Å². The first kappa shape index (κ1) is 33.7. The fraction of sp³-hybridized carbons (Fsp3) is 0.302. The summed E-state index contributed by atoms with van der Waals surface area (Å²) in [5, 5.41) is 42.8. The smallest absolute Gasteiger partial charge is 0.121 e. The highest BCUT2D eigenvalue weighted by atomic mass is 16.3. The first-order chi connectivity index (χ1) is 22.1. The molecular weight excluding hydrogens is 580 g/mol. The van der Waals surface area contributed by atoms with E-state index in [1.54, 1.807) is 0 Å². The molecule has 5 rings (SSSR count). The average Bonchev–Trinajstić information content (AvgIpc) is 3.03. The zero-order valence-electron chi connectivity index (χ0n) is 29.4. The molecule has 4 heteroatoms. The van der Waals surface area contributed by atoms with Crippen LogP contribution in [-0.2, 0) is 10.8 Å². The predicted molar refractivity (Wildman–Crippen MR) is 192 cm³/mol. The third-order valence-corrected chi connectivity index (χ3v) is 10.6. The van der Waals surface area contributed by atoms with Gasteiger partial charge < -0.3 is 20.4 Å². The van der Waals surface area contributed by atoms with Crippen molar-refractivity contribution in [1.82, 2.24) is 0 Å². The van der Waals surface area contributed by atoms with E-state index in [1.807, 2.05) is 55.4 Å². The zero-order valence-corrected chi connectivity index (χ0v) is 29.4. The summed E-state index contributed by atoms with van der Waals surface area (Å²) in [6.07, 6.45) is 0.754. The Morgan fingerprint density at radius 1 is 0.383 bits per heavy atom. The Morgan fingerprint density at radius 2 is 0.617 bits per heavy atom. The monoisotopic (exact) mass is 628 g/mol. The van der Waals surface area contributed by atoms with Gasteiger partial charge in [0.15, 0.2) is 0 Å². The van der Waals surface area contributed by atoms with Gasteiger partial charge in [0.25, 0.3) is 0 Å². The van der Waals surface area contributed by atoms with Gasteiger partial charge in [0, 0.05) is 10.8 Å². The maximum Gasteiger partial charge on any atom is 0.121 e. The molecule has 4 nitrogen and oxygen atoms in total. The van der Waals surface area contributed by atoms with Gasteiger partial charge in [-0.3, -0.25) is 0 Å². The Balaban J connectivity index is 1.81. The molecule has 5 aromatic carbocycles. The molecule has 0 amide bonds. The van der Waals surface area contributed by atoms with E-state index in [2.05, 4.69) is 86.6 Å². The molecule has 0 spiro atoms. The van der Waals surface area contributed by atoms with Gasteiger partial charge >= 0.3 is 0 Å². The van der Waals surface area contributed by atoms with Crippen LogP contribution in [0.2, 0.25) is 0 Å². The van der Waals surface area contributed by atoms with Crippen LogP contribution in [0.15, 0.2) is 72.8 Å². The Bertz CT molecular complexity index is 1790. The zero-order chi connectivity index (χ0) is 34.6. The van der Waals surface area contributed by atoms with Crippen LogP contribution < -0.4 is 0 Å². The molecule has 0 saturated carbocycles. The van der Waals surface area contributed by atoms with Crippen molar-refractivity contribution in [2.75, 3.05) is 0 Å². The van der Waals surface area contributed by atoms with Gasteiger partial charge in [-0.25, -0.2) is 0 Å². The van der Waals surface area contributed by atoms with Crippen molar-refractivity contribution in [2.45, 2.75) is 86.5 Å². The van der Waals surface area contributed by atoms with Crippen molar-refractivity contribution in [3.05, 3.63) is 151 Å². The number of phenolic OH excluding ortho intramolecular Hbond substituents is 4. The summed E-state index contributed by atoms with van der Waals surface area (Å²) in [5.74, 6) is 1.22. The van der Waals surface area contributed by atoms with Crippen molar-refractivity contribution >= 4 is 0 Å². The van der Waals surface area contributed by atoms with Gasteiger partial charge in [0.1, 0.15) is 23.0 Å². The number of aromatic hydroxyl groups is 4. The highest BCUT2D eigenvalue weighted by Gasteiger charge is 2.38. The molecular formula is C43H48O4. The Morgan fingerprint density at radius 3 is 0.872 bits per heavy atom. The molecule has 4 N–H and O–H groups in total. The second-order valence-electron chi connectivity index (χ2n) is 13.8. The Kier molecular flexibility index (Phi) is 8.70. The van der Waals surface area contributed by atoms with Crippen LogP contribution in [0, 0.1) is 55.4 Å². The summed E-state index contributed by atoms with van der Waals surface area (Å²) in [7, 11) is 0. The molecule has 0 saturated heterocycles. The summed E-state index contributed by atoms with van der Waals surface area (Å²) in [6.45, 7) is 19.9. The van der Waals surface area contributed by atoms with Gasteiger partial charge in [0.05, 0.1) is 0 Å². The van der Waals surface area contributed by atoms with Crippen LogP contribution in [0.5, 0.6) is 23.0 Å². The molecule has 5 aromatic rings. The minimum Gasteiger partial charge on any atom is -0.507 e. The van der Waals surface area contributed by atoms with Gasteiger partial charge in [-0.05, 0) is 147 Å². The third-order valence-electron chi connectivity index (χ3n) is 10.6. The summed E-state index contributed by atoms with van der Waals surface area (Å²) in [6, 6.07) is 25.4. The minimum atomic E-state index is -0.600. The lowest BCUT2D eigenvalue weighted by atomic mass is 9.65. The summed E-state index contributed by atoms with van der Waals surface area (Å²) in [4.78, 5) is 0. The van der Waals surface area contributed by atoms with E-state index in [1.165, 1.54) is 0 Å². The van der Waals surface area contributed by atoms with Gasteiger partial charge in [-0.1, -0.05) is 79.7 Å². The molecule has 0 aliphatic rings. The van der Waals surface area contributed by atoms with Gasteiger partial charge in [0.2, 0.25) is 0 Å². The van der Waals surface area contributed by atoms with Crippen LogP contribution >= 0.6 is 0 Å². The van der Waals surface area contributed by atoms with Crippen molar-refractivity contribution in [3.63, 3.8) is 0 Å². The fourth-order valence-corrected chi connectivity index (χ4v) is 7.59. The van der Waals surface area contributed by atoms with Gasteiger partial charge in [-0.2, -0.15) is 0 Å². The maximum atomic E-state index is 10.7. The topological polar surface area (TPSA) is 80.9 Å². The fourth-order valence-electron chi connectivity index (χ4n) is 7.59. The number of rotatable bonds is 7. The molecule has 0 bridgehead atoms.